The van der Waals surface area contributed by atoms with Crippen molar-refractivity contribution in [3.05, 3.63) is 69.3 Å². The van der Waals surface area contributed by atoms with E-state index in [4.69, 9.17) is 0 Å². The number of nitrogens with one attached hydrogen (secondary N) is 3. The second-order valence-electron chi connectivity index (χ2n) is 8.09. The maximum atomic E-state index is 13.9. The van der Waals surface area contributed by atoms with Gasteiger partial charge in [-0.15, -0.1) is 0 Å². The number of hydrogen-bond acceptors (Lipinski definition) is 6. The van der Waals surface area contributed by atoms with Gasteiger partial charge in [0.1, 0.15) is 5.82 Å². The molecule has 0 spiro atoms. The molecule has 1 saturated carbocycles. The fourth-order valence-corrected chi connectivity index (χ4v) is 3.84. The first-order valence-corrected chi connectivity index (χ1v) is 10.3. The van der Waals surface area contributed by atoms with Gasteiger partial charge in [0, 0.05) is 30.7 Å². The van der Waals surface area contributed by atoms with E-state index in [1.54, 1.807) is 19.2 Å². The third kappa shape index (κ3) is 4.44. The third-order valence-electron chi connectivity index (χ3n) is 5.74. The summed E-state index contributed by atoms with van der Waals surface area (Å²) in [7, 11) is 3.59. The molecule has 1 aliphatic carbocycles. The number of anilines is 2. The van der Waals surface area contributed by atoms with E-state index in [1.807, 2.05) is 7.05 Å². The van der Waals surface area contributed by atoms with Crippen LogP contribution in [-0.2, 0) is 6.54 Å². The number of rotatable bonds is 8. The summed E-state index contributed by atoms with van der Waals surface area (Å²) in [4.78, 5) is 28.9. The van der Waals surface area contributed by atoms with Crippen molar-refractivity contribution < 1.29 is 19.4 Å². The lowest BCUT2D eigenvalue weighted by Crippen LogP contribution is -2.24. The molecule has 32 heavy (non-hydrogen) atoms. The second kappa shape index (κ2) is 8.60. The van der Waals surface area contributed by atoms with E-state index in [-0.39, 0.29) is 11.1 Å². The van der Waals surface area contributed by atoms with E-state index < -0.39 is 23.6 Å². The fraction of sp³-hybridized carbons (Fsp3) is 0.304. The lowest BCUT2D eigenvalue weighted by molar-refractivity contribution is 0.0696. The van der Waals surface area contributed by atoms with Crippen molar-refractivity contribution >= 4 is 28.2 Å². The molecule has 5 N–H and O–H groups in total. The van der Waals surface area contributed by atoms with Gasteiger partial charge in [-0.25, -0.2) is 9.18 Å². The molecule has 168 valence electrons. The van der Waals surface area contributed by atoms with Gasteiger partial charge in [0.15, 0.2) is 6.23 Å². The van der Waals surface area contributed by atoms with Crippen molar-refractivity contribution in [2.75, 3.05) is 24.7 Å². The number of hydrogen-bond donors (Lipinski definition) is 5. The van der Waals surface area contributed by atoms with Gasteiger partial charge >= 0.3 is 5.97 Å². The van der Waals surface area contributed by atoms with Gasteiger partial charge in [0.2, 0.25) is 0 Å². The predicted octanol–water partition coefficient (Wildman–Crippen LogP) is 3.10. The SMILES string of the molecule is CNc1cc(F)cc2cc([C@@H](O)Nc3ccc(C(=O)O)cc3CN(C)C3CC3)c(=O)[nH]c12. The molecule has 1 fully saturated rings. The van der Waals surface area contributed by atoms with Crippen molar-refractivity contribution in [2.45, 2.75) is 31.7 Å². The Balaban J connectivity index is 1.68. The molecule has 0 saturated heterocycles. The Labute approximate surface area is 183 Å². The zero-order valence-electron chi connectivity index (χ0n) is 17.8. The van der Waals surface area contributed by atoms with E-state index in [2.05, 4.69) is 20.5 Å². The highest BCUT2D eigenvalue weighted by atomic mass is 19.1. The molecule has 0 amide bonds. The number of benzene rings is 2. The summed E-state index contributed by atoms with van der Waals surface area (Å²) >= 11 is 0. The number of H-pyrrole nitrogens is 1. The van der Waals surface area contributed by atoms with Crippen LogP contribution in [0.2, 0.25) is 0 Å². The normalized spacial score (nSPS) is 14.5. The molecule has 0 aliphatic heterocycles. The van der Waals surface area contributed by atoms with Crippen molar-refractivity contribution in [2.24, 2.45) is 0 Å². The number of carboxylic acids is 1. The average Bonchev–Trinajstić information content (AvgIpc) is 3.59. The Morgan fingerprint density at radius 1 is 1.25 bits per heavy atom. The molecule has 8 nitrogen and oxygen atoms in total. The number of halogens is 1. The molecule has 0 radical (unpaired) electrons. The minimum absolute atomic E-state index is 0.0222. The maximum Gasteiger partial charge on any atom is 0.335 e. The van der Waals surface area contributed by atoms with Crippen LogP contribution < -0.4 is 16.2 Å². The van der Waals surface area contributed by atoms with E-state index in [0.717, 1.165) is 12.8 Å². The first-order valence-electron chi connectivity index (χ1n) is 10.3. The van der Waals surface area contributed by atoms with E-state index >= 15 is 0 Å². The smallest absolute Gasteiger partial charge is 0.335 e. The molecule has 9 heteroatoms. The van der Waals surface area contributed by atoms with Gasteiger partial charge < -0.3 is 25.8 Å². The molecule has 1 atom stereocenters. The van der Waals surface area contributed by atoms with Crippen LogP contribution in [0.3, 0.4) is 0 Å². The van der Waals surface area contributed by atoms with Gasteiger partial charge in [-0.05, 0) is 61.9 Å². The Morgan fingerprint density at radius 3 is 2.66 bits per heavy atom. The number of aromatic amines is 1. The van der Waals surface area contributed by atoms with Crippen molar-refractivity contribution in [1.82, 2.24) is 9.88 Å². The van der Waals surface area contributed by atoms with Crippen molar-refractivity contribution in [3.8, 4) is 0 Å². The summed E-state index contributed by atoms with van der Waals surface area (Å²) in [5.74, 6) is -1.52. The molecule has 4 rings (SSSR count). The maximum absolute atomic E-state index is 13.9. The molecule has 0 unspecified atom stereocenters. The minimum Gasteiger partial charge on any atom is -0.478 e. The summed E-state index contributed by atoms with van der Waals surface area (Å²) in [5, 5.41) is 26.3. The highest BCUT2D eigenvalue weighted by Crippen LogP contribution is 2.30. The second-order valence-corrected chi connectivity index (χ2v) is 8.09. The van der Waals surface area contributed by atoms with E-state index in [1.165, 1.54) is 24.3 Å². The summed E-state index contributed by atoms with van der Waals surface area (Å²) in [6.45, 7) is 0.492. The zero-order valence-corrected chi connectivity index (χ0v) is 17.8. The molecule has 0 bridgehead atoms. The van der Waals surface area contributed by atoms with Crippen LogP contribution >= 0.6 is 0 Å². The summed E-state index contributed by atoms with van der Waals surface area (Å²) in [5.41, 5.74) is 1.73. The van der Waals surface area contributed by atoms with Crippen molar-refractivity contribution in [3.63, 3.8) is 0 Å². The molecule has 3 aromatic rings. The number of carboxylic acid groups (broad SMARTS) is 1. The molecule has 2 aromatic carbocycles. The molecular formula is C23H25FN4O4. The number of carbonyl (C=O) groups is 1. The number of aromatic carboxylic acids is 1. The Bertz CT molecular complexity index is 1240. The van der Waals surface area contributed by atoms with Crippen LogP contribution in [0.4, 0.5) is 15.8 Å². The van der Waals surface area contributed by atoms with Crippen molar-refractivity contribution in [1.29, 1.82) is 0 Å². The zero-order chi connectivity index (χ0) is 23.0. The quantitative estimate of drug-likeness (QED) is 0.342. The van der Waals surface area contributed by atoms with Crippen LogP contribution in [0.15, 0.2) is 41.2 Å². The first-order chi connectivity index (χ1) is 15.3. The number of aliphatic hydroxyl groups is 1. The Hall–Kier alpha value is -3.43. The van der Waals surface area contributed by atoms with Crippen LogP contribution in [0, 0.1) is 5.82 Å². The first kappa shape index (κ1) is 21.8. The Morgan fingerprint density at radius 2 is 2.00 bits per heavy atom. The number of pyridine rings is 1. The molecule has 1 aromatic heterocycles. The van der Waals surface area contributed by atoms with Gasteiger partial charge in [-0.2, -0.15) is 0 Å². The largest absolute Gasteiger partial charge is 0.478 e. The highest BCUT2D eigenvalue weighted by Gasteiger charge is 2.27. The third-order valence-corrected chi connectivity index (χ3v) is 5.74. The summed E-state index contributed by atoms with van der Waals surface area (Å²) < 4.78 is 13.9. The molecule has 1 heterocycles. The fourth-order valence-electron chi connectivity index (χ4n) is 3.84. The lowest BCUT2D eigenvalue weighted by atomic mass is 10.1. The van der Waals surface area contributed by atoms with Crippen LogP contribution in [0.25, 0.3) is 10.9 Å². The van der Waals surface area contributed by atoms with Gasteiger partial charge in [0.05, 0.1) is 22.3 Å². The van der Waals surface area contributed by atoms with Crippen LogP contribution in [0.5, 0.6) is 0 Å². The van der Waals surface area contributed by atoms with Gasteiger partial charge in [0.25, 0.3) is 5.56 Å². The number of aliphatic hydroxyl groups excluding tert-OH is 1. The highest BCUT2D eigenvalue weighted by molar-refractivity contribution is 5.91. The monoisotopic (exact) mass is 440 g/mol. The van der Waals surface area contributed by atoms with Gasteiger partial charge in [-0.1, -0.05) is 0 Å². The molecular weight excluding hydrogens is 415 g/mol. The molecule has 1 aliphatic rings. The summed E-state index contributed by atoms with van der Waals surface area (Å²) in [6, 6.07) is 9.04. The number of aromatic nitrogens is 1. The van der Waals surface area contributed by atoms with Gasteiger partial charge in [-0.3, -0.25) is 9.69 Å². The average molecular weight is 440 g/mol. The van der Waals surface area contributed by atoms with E-state index in [9.17, 15) is 24.2 Å². The van der Waals surface area contributed by atoms with Crippen LogP contribution in [0.1, 0.15) is 40.6 Å². The standard InChI is InChI=1S/C23H25FN4O4/c1-25-19-10-15(24)8-13-9-17(22(30)27-20(13)19)21(29)26-18-6-3-12(23(31)32)7-14(18)11-28(2)16-4-5-16/h3,6-10,16,21,25-26,29H,4-5,11H2,1-2H3,(H,27,30)(H,31,32)/t21-/m1/s1. The van der Waals surface area contributed by atoms with E-state index in [0.29, 0.717) is 40.4 Å². The number of nitrogens with zero attached hydrogens (tertiary/aromatic N) is 1. The lowest BCUT2D eigenvalue weighted by Gasteiger charge is -2.22. The minimum atomic E-state index is -1.38. The topological polar surface area (TPSA) is 118 Å². The number of fused-ring (bicyclic) bond motifs is 1. The van der Waals surface area contributed by atoms with Crippen LogP contribution in [-0.4, -0.2) is 46.2 Å². The summed E-state index contributed by atoms with van der Waals surface area (Å²) in [6.07, 6.45) is 0.807. The predicted molar refractivity (Wildman–Crippen MR) is 121 cm³/mol. The Kier molecular flexibility index (Phi) is 5.86.